The van der Waals surface area contributed by atoms with Crippen LogP contribution in [0.3, 0.4) is 0 Å². The van der Waals surface area contributed by atoms with Gasteiger partial charge in [-0.3, -0.25) is 15.0 Å². The lowest BCUT2D eigenvalue weighted by Gasteiger charge is -2.30. The topological polar surface area (TPSA) is 38.7 Å². The van der Waals surface area contributed by atoms with Gasteiger partial charge >= 0.3 is 0 Å². The van der Waals surface area contributed by atoms with E-state index in [9.17, 15) is 1.37 Å². The second kappa shape index (κ2) is 17.5. The molecule has 1 fully saturated rings. The maximum Gasteiger partial charge on any atom is 0.0704 e. The highest BCUT2D eigenvalue weighted by Crippen LogP contribution is 2.37. The van der Waals surface area contributed by atoms with Gasteiger partial charge in [0.1, 0.15) is 0 Å². The summed E-state index contributed by atoms with van der Waals surface area (Å²) in [5.41, 5.74) is 15.2. The molecule has 0 atom stereocenters. The molecular formula is C57H61N3. The lowest BCUT2D eigenvalue weighted by molar-refractivity contribution is 0.443. The van der Waals surface area contributed by atoms with Crippen molar-refractivity contribution in [2.24, 2.45) is 0 Å². The Morgan fingerprint density at radius 3 is 1.20 bits per heavy atom. The van der Waals surface area contributed by atoms with Crippen LogP contribution in [0.1, 0.15) is 120 Å². The van der Waals surface area contributed by atoms with Crippen LogP contribution in [0.25, 0.3) is 33.8 Å². The molecular weight excluding hydrogens is 727 g/mol. The third-order valence-corrected chi connectivity index (χ3v) is 12.9. The first-order valence-electron chi connectivity index (χ1n) is 22.5. The highest BCUT2D eigenvalue weighted by Gasteiger charge is 2.27. The molecule has 0 N–H and O–H groups in total. The van der Waals surface area contributed by atoms with Crippen molar-refractivity contribution in [3.05, 3.63) is 197 Å². The summed E-state index contributed by atoms with van der Waals surface area (Å²) < 4.78 is 9.20. The molecule has 0 saturated heterocycles. The zero-order valence-electron chi connectivity index (χ0n) is 37.5. The molecule has 1 aliphatic rings. The Labute approximate surface area is 360 Å². The average molecular weight is 789 g/mol. The number of rotatable bonds is 13. The third kappa shape index (κ3) is 9.68. The van der Waals surface area contributed by atoms with E-state index in [-0.39, 0.29) is 16.2 Å². The Hall–Kier alpha value is -5.67. The van der Waals surface area contributed by atoms with E-state index < -0.39 is 5.89 Å². The van der Waals surface area contributed by atoms with Crippen LogP contribution in [-0.4, -0.2) is 15.0 Å². The fourth-order valence-electron chi connectivity index (χ4n) is 9.40. The molecule has 3 heteroatoms. The van der Waals surface area contributed by atoms with Crippen molar-refractivity contribution in [3.8, 4) is 33.8 Å². The fourth-order valence-corrected chi connectivity index (χ4v) is 9.40. The van der Waals surface area contributed by atoms with Gasteiger partial charge in [-0.1, -0.05) is 164 Å². The normalized spacial score (nSPS) is 14.7. The molecule has 0 radical (unpaired) electrons. The minimum Gasteiger partial charge on any atom is -0.256 e. The first-order chi connectivity index (χ1) is 29.3. The van der Waals surface area contributed by atoms with E-state index in [1.54, 1.807) is 0 Å². The summed E-state index contributed by atoms with van der Waals surface area (Å²) in [7, 11) is 0. The van der Waals surface area contributed by atoms with Gasteiger partial charge in [-0.25, -0.2) is 0 Å². The Morgan fingerprint density at radius 2 is 0.817 bits per heavy atom. The lowest BCUT2D eigenvalue weighted by atomic mass is 9.74. The Kier molecular flexibility index (Phi) is 11.6. The number of aromatic nitrogens is 3. The van der Waals surface area contributed by atoms with Gasteiger partial charge in [0.15, 0.2) is 0 Å². The van der Waals surface area contributed by atoms with Crippen molar-refractivity contribution in [1.82, 2.24) is 15.0 Å². The van der Waals surface area contributed by atoms with Crippen molar-refractivity contribution >= 4 is 0 Å². The molecule has 3 nitrogen and oxygen atoms in total. The molecule has 0 unspecified atom stereocenters. The zero-order chi connectivity index (χ0) is 42.7. The summed E-state index contributed by atoms with van der Waals surface area (Å²) in [4.78, 5) is 13.9. The predicted molar refractivity (Wildman–Crippen MR) is 251 cm³/mol. The van der Waals surface area contributed by atoms with Crippen LogP contribution in [0.4, 0.5) is 0 Å². The average Bonchev–Trinajstić information content (AvgIpc) is 3.27. The van der Waals surface area contributed by atoms with Crippen LogP contribution in [0.15, 0.2) is 158 Å². The number of pyridine rings is 3. The monoisotopic (exact) mass is 788 g/mol. The van der Waals surface area contributed by atoms with Crippen LogP contribution in [0, 0.1) is 0 Å². The Balaban J connectivity index is 1.07. The van der Waals surface area contributed by atoms with E-state index in [2.05, 4.69) is 167 Å². The van der Waals surface area contributed by atoms with Crippen LogP contribution >= 0.6 is 0 Å². The molecule has 3 aromatic heterocycles. The Bertz CT molecular complexity index is 2420. The molecule has 0 bridgehead atoms. The van der Waals surface area contributed by atoms with Crippen LogP contribution < -0.4 is 0 Å². The summed E-state index contributed by atoms with van der Waals surface area (Å²) in [5, 5.41) is 0. The molecule has 7 aromatic rings. The quantitative estimate of drug-likeness (QED) is 0.117. The zero-order valence-corrected chi connectivity index (χ0v) is 36.5. The number of hydrogen-bond donors (Lipinski definition) is 0. The highest BCUT2D eigenvalue weighted by molar-refractivity contribution is 5.62. The van der Waals surface area contributed by atoms with Crippen molar-refractivity contribution in [3.63, 3.8) is 0 Å². The van der Waals surface area contributed by atoms with Crippen molar-refractivity contribution in [2.45, 2.75) is 115 Å². The molecule has 60 heavy (non-hydrogen) atoms. The SMILES string of the molecule is [2H]C1(c2ccnc(-c3ccc(C(C)(C)Cc4cc(CC(C)(C)c5ccc(-c6ccccn6)cc5)cc(CC(C)(C)c5ccc(-c6ccccn6)cc5)c4)cc3)c2)CCCCC1. The van der Waals surface area contributed by atoms with Crippen LogP contribution in [-0.2, 0) is 35.5 Å². The number of benzene rings is 4. The minimum absolute atomic E-state index is 0.0807. The van der Waals surface area contributed by atoms with E-state index >= 15 is 0 Å². The van der Waals surface area contributed by atoms with E-state index in [1.807, 2.05) is 42.9 Å². The molecule has 304 valence electrons. The molecule has 0 spiro atoms. The third-order valence-electron chi connectivity index (χ3n) is 12.9. The maximum absolute atomic E-state index is 9.20. The molecule has 3 heterocycles. The minimum atomic E-state index is -0.495. The largest absolute Gasteiger partial charge is 0.256 e. The second-order valence-corrected chi connectivity index (χ2v) is 19.1. The molecule has 0 amide bonds. The van der Waals surface area contributed by atoms with Gasteiger partial charge < -0.3 is 0 Å². The molecule has 1 saturated carbocycles. The van der Waals surface area contributed by atoms with Crippen molar-refractivity contribution in [2.75, 3.05) is 0 Å². The summed E-state index contributed by atoms with van der Waals surface area (Å²) in [6, 6.07) is 50.8. The van der Waals surface area contributed by atoms with E-state index in [1.165, 1.54) is 39.8 Å². The highest BCUT2D eigenvalue weighted by atomic mass is 14.7. The standard InChI is InChI=1S/C57H61N3/c1-55(2,49-24-18-45(19-25-49)52-16-10-12-31-58-52)38-41-34-42(39-56(3,4)50-26-20-46(21-27-50)53-17-11-13-32-59-53)36-43(35-41)40-57(5,6)51-28-22-47(23-29-51)54-37-48(30-33-60-54)44-14-8-7-9-15-44/h10-13,16-37,44H,7-9,14-15,38-40H2,1-6H3/i44D. The van der Waals surface area contributed by atoms with E-state index in [4.69, 9.17) is 4.98 Å². The van der Waals surface area contributed by atoms with Gasteiger partial charge in [-0.05, 0) is 130 Å². The molecule has 1 aliphatic carbocycles. The van der Waals surface area contributed by atoms with Crippen LogP contribution in [0.5, 0.6) is 0 Å². The molecule has 0 aliphatic heterocycles. The number of nitrogens with zero attached hydrogens (tertiary/aromatic N) is 3. The van der Waals surface area contributed by atoms with Gasteiger partial charge in [0.2, 0.25) is 0 Å². The predicted octanol–water partition coefficient (Wildman–Crippen LogP) is 14.5. The summed E-state index contributed by atoms with van der Waals surface area (Å²) in [5.74, 6) is -0.495. The summed E-state index contributed by atoms with van der Waals surface area (Å²) in [6.07, 6.45) is 13.7. The summed E-state index contributed by atoms with van der Waals surface area (Å²) in [6.45, 7) is 14.2. The van der Waals surface area contributed by atoms with Gasteiger partial charge in [-0.15, -0.1) is 0 Å². The van der Waals surface area contributed by atoms with Crippen LogP contribution in [0.2, 0.25) is 0 Å². The number of hydrogen-bond acceptors (Lipinski definition) is 3. The second-order valence-electron chi connectivity index (χ2n) is 19.1. The van der Waals surface area contributed by atoms with Gasteiger partial charge in [0.05, 0.1) is 17.1 Å². The van der Waals surface area contributed by atoms with E-state index in [0.717, 1.165) is 84.3 Å². The smallest absolute Gasteiger partial charge is 0.0704 e. The van der Waals surface area contributed by atoms with E-state index in [0.29, 0.717) is 0 Å². The van der Waals surface area contributed by atoms with Crippen molar-refractivity contribution in [1.29, 1.82) is 0 Å². The Morgan fingerprint density at radius 1 is 0.433 bits per heavy atom. The molecule has 8 rings (SSSR count). The maximum atomic E-state index is 9.20. The lowest BCUT2D eigenvalue weighted by Crippen LogP contribution is -2.24. The first-order valence-corrected chi connectivity index (χ1v) is 22.0. The van der Waals surface area contributed by atoms with Gasteiger partial charge in [0, 0.05) is 36.7 Å². The van der Waals surface area contributed by atoms with Gasteiger partial charge in [0.25, 0.3) is 0 Å². The summed E-state index contributed by atoms with van der Waals surface area (Å²) >= 11 is 0. The van der Waals surface area contributed by atoms with Gasteiger partial charge in [-0.2, -0.15) is 0 Å². The van der Waals surface area contributed by atoms with Crippen molar-refractivity contribution < 1.29 is 1.37 Å². The first kappa shape index (κ1) is 39.8. The molecule has 4 aromatic carbocycles. The fraction of sp³-hybridized carbons (Fsp3) is 0.316.